The minimum absolute atomic E-state index is 0.331. The van der Waals surface area contributed by atoms with Gasteiger partial charge in [0.1, 0.15) is 0 Å². The Kier molecular flexibility index (Phi) is 13.8. The molecule has 0 amide bonds. The van der Waals surface area contributed by atoms with E-state index in [0.29, 0.717) is 9.94 Å². The Morgan fingerprint density at radius 2 is 0.839 bits per heavy atom. The second kappa shape index (κ2) is 16.2. The van der Waals surface area contributed by atoms with E-state index in [4.69, 9.17) is 27.9 Å². The van der Waals surface area contributed by atoms with Crippen molar-refractivity contribution in [2.45, 2.75) is 129 Å². The summed E-state index contributed by atoms with van der Waals surface area (Å²) in [6.45, 7) is 23.5. The van der Waals surface area contributed by atoms with E-state index in [1.54, 1.807) is 0 Å². The molecule has 0 spiro atoms. The van der Waals surface area contributed by atoms with Crippen molar-refractivity contribution in [2.75, 3.05) is 14.2 Å². The molecule has 5 rings (SSSR count). The number of halogens is 7. The minimum Gasteiger partial charge on any atom is -0.465 e. The van der Waals surface area contributed by atoms with Crippen LogP contribution in [0.15, 0.2) is 40.9 Å². The lowest BCUT2D eigenvalue weighted by Crippen LogP contribution is -2.41. The van der Waals surface area contributed by atoms with Crippen molar-refractivity contribution >= 4 is 54.5 Å². The normalized spacial score (nSPS) is 21.4. The van der Waals surface area contributed by atoms with Crippen molar-refractivity contribution in [3.05, 3.63) is 63.1 Å². The van der Waals surface area contributed by atoms with Gasteiger partial charge in [-0.2, -0.15) is 26.3 Å². The molecule has 10 nitrogen and oxygen atoms in total. The lowest BCUT2D eigenvalue weighted by molar-refractivity contribution is -0.138. The molecule has 0 N–H and O–H groups in total. The van der Waals surface area contributed by atoms with Crippen LogP contribution in [0.4, 0.5) is 26.3 Å². The summed E-state index contributed by atoms with van der Waals surface area (Å²) in [7, 11) is 0.255. The molecule has 3 saturated heterocycles. The Bertz CT molecular complexity index is 1680. The summed E-state index contributed by atoms with van der Waals surface area (Å²) in [5, 5.41) is 0. The molecule has 0 bridgehead atoms. The lowest BCUT2D eigenvalue weighted by atomic mass is 9.49. The molecule has 3 heterocycles. The van der Waals surface area contributed by atoms with E-state index in [1.807, 2.05) is 83.1 Å². The average Bonchev–Trinajstić information content (AvgIpc) is 3.52. The Morgan fingerprint density at radius 1 is 0.536 bits per heavy atom. The Balaban J connectivity index is 0.000000231. The number of hydrogen-bond acceptors (Lipinski definition) is 10. The second-order valence-electron chi connectivity index (χ2n) is 16.3. The van der Waals surface area contributed by atoms with Gasteiger partial charge in [0.25, 0.3) is 0 Å². The van der Waals surface area contributed by atoms with Gasteiger partial charge in [0.15, 0.2) is 0 Å². The summed E-state index contributed by atoms with van der Waals surface area (Å²) in [5.41, 5.74) is -5.49. The predicted molar refractivity (Wildman–Crippen MR) is 201 cm³/mol. The van der Waals surface area contributed by atoms with E-state index in [1.165, 1.54) is 12.1 Å². The first kappa shape index (κ1) is 47.8. The number of carbonyl (C=O) groups excluding carboxylic acids is 2. The van der Waals surface area contributed by atoms with E-state index >= 15 is 0 Å². The van der Waals surface area contributed by atoms with E-state index in [2.05, 4.69) is 25.4 Å². The van der Waals surface area contributed by atoms with Crippen molar-refractivity contribution in [1.29, 1.82) is 0 Å². The highest BCUT2D eigenvalue weighted by molar-refractivity contribution is 9.10. The van der Waals surface area contributed by atoms with Gasteiger partial charge in [-0.15, -0.1) is 0 Å². The monoisotopic (exact) mass is 866 g/mol. The smallest absolute Gasteiger partial charge is 0.465 e. The summed E-state index contributed by atoms with van der Waals surface area (Å²) >= 11 is 2.99. The number of rotatable bonds is 4. The van der Waals surface area contributed by atoms with Crippen LogP contribution in [-0.4, -0.2) is 80.9 Å². The number of carbonyl (C=O) groups is 2. The highest BCUT2D eigenvalue weighted by Crippen LogP contribution is 2.43. The highest BCUT2D eigenvalue weighted by Gasteiger charge is 2.63. The van der Waals surface area contributed by atoms with Crippen LogP contribution in [-0.2, 0) is 49.8 Å². The van der Waals surface area contributed by atoms with Crippen LogP contribution < -0.4 is 5.46 Å². The molecule has 0 unspecified atom stereocenters. The molecule has 0 atom stereocenters. The van der Waals surface area contributed by atoms with Gasteiger partial charge in [0.05, 0.1) is 70.1 Å². The lowest BCUT2D eigenvalue weighted by Gasteiger charge is -2.32. The molecular weight excluding hydrogens is 819 g/mol. The van der Waals surface area contributed by atoms with Gasteiger partial charge in [-0.05, 0) is 119 Å². The summed E-state index contributed by atoms with van der Waals surface area (Å²) in [6.07, 6.45) is -9.22. The van der Waals surface area contributed by atoms with Crippen LogP contribution in [0.3, 0.4) is 0 Å². The molecule has 0 saturated carbocycles. The average molecular weight is 867 g/mol. The molecule has 0 aliphatic carbocycles. The summed E-state index contributed by atoms with van der Waals surface area (Å²) in [5.74, 6) is -2.07. The van der Waals surface area contributed by atoms with Gasteiger partial charge in [-0.25, -0.2) is 9.59 Å². The zero-order valence-corrected chi connectivity index (χ0v) is 35.5. The van der Waals surface area contributed by atoms with E-state index < -0.39 is 78.9 Å². The molecule has 20 heteroatoms. The topological polar surface area (TPSA) is 108 Å². The predicted octanol–water partition coefficient (Wildman–Crippen LogP) is 8.29. The van der Waals surface area contributed by atoms with Gasteiger partial charge in [0.2, 0.25) is 0 Å². The Morgan fingerprint density at radius 3 is 1.16 bits per heavy atom. The molecule has 56 heavy (non-hydrogen) atoms. The number of alkyl halides is 6. The largest absolute Gasteiger partial charge is 0.494 e. The third-order valence-electron chi connectivity index (χ3n) is 10.7. The molecule has 3 aliphatic heterocycles. The molecule has 0 aromatic heterocycles. The quantitative estimate of drug-likeness (QED) is 0.169. The minimum atomic E-state index is -4.65. The van der Waals surface area contributed by atoms with Crippen molar-refractivity contribution in [3.8, 4) is 0 Å². The van der Waals surface area contributed by atoms with Crippen LogP contribution in [0, 0.1) is 0 Å². The standard InChI is InChI=1S/C15H18BF3O4.C12H24B2O4.C9H6BrF3O2/c1-13(2)14(3,4)23-16(22-13)9-6-7-11(15(17,18)19)10(8-9)12(20)21-5;1-9(2)10(3,4)16-13(15-9)14-17-11(5,6)12(7,8)18-14;1-15-8(14)6-4-5(10)2-3-7(6)9(11,12)13/h6-8H,1-5H3;1-8H3;2-4H,1H3. The van der Waals surface area contributed by atoms with Gasteiger partial charge in [-0.1, -0.05) is 22.0 Å². The number of hydrogen-bond donors (Lipinski definition) is 0. The fourth-order valence-electron chi connectivity index (χ4n) is 5.26. The number of ether oxygens (including phenoxy) is 2. The van der Waals surface area contributed by atoms with Crippen molar-refractivity contribution < 1.29 is 73.3 Å². The summed E-state index contributed by atoms with van der Waals surface area (Å²) in [6, 6.07) is 6.32. The van der Waals surface area contributed by atoms with E-state index in [9.17, 15) is 35.9 Å². The molecular formula is C36H48B3BrF6O10. The molecule has 0 radical (unpaired) electrons. The van der Waals surface area contributed by atoms with Crippen LogP contribution in [0.1, 0.15) is 115 Å². The zero-order valence-electron chi connectivity index (χ0n) is 33.9. The van der Waals surface area contributed by atoms with E-state index in [-0.39, 0.29) is 22.4 Å². The Labute approximate surface area is 333 Å². The molecule has 3 fully saturated rings. The fourth-order valence-corrected chi connectivity index (χ4v) is 5.62. The third-order valence-corrected chi connectivity index (χ3v) is 11.2. The zero-order chi connectivity index (χ0) is 43.3. The van der Waals surface area contributed by atoms with Crippen LogP contribution in [0.25, 0.3) is 0 Å². The van der Waals surface area contributed by atoms with Crippen molar-refractivity contribution in [3.63, 3.8) is 0 Å². The van der Waals surface area contributed by atoms with Gasteiger partial charge >= 0.3 is 45.4 Å². The third kappa shape index (κ3) is 10.3. The SMILES string of the molecule is CC1(C)OB(B2OC(C)(C)C(C)(C)O2)OC1(C)C.COC(=O)c1cc(B2OC(C)(C)C(C)(C)O2)ccc1C(F)(F)F.COC(=O)c1cc(Br)ccc1C(F)(F)F. The van der Waals surface area contributed by atoms with Gasteiger partial charge < -0.3 is 37.4 Å². The molecule has 310 valence electrons. The Hall–Kier alpha value is -2.61. The van der Waals surface area contributed by atoms with Gasteiger partial charge in [-0.3, -0.25) is 0 Å². The van der Waals surface area contributed by atoms with Crippen molar-refractivity contribution in [1.82, 2.24) is 0 Å². The first-order valence-electron chi connectivity index (χ1n) is 17.4. The van der Waals surface area contributed by atoms with Crippen LogP contribution in [0.5, 0.6) is 0 Å². The first-order valence-corrected chi connectivity index (χ1v) is 18.2. The fraction of sp³-hybridized carbons (Fsp3) is 0.611. The first-order chi connectivity index (χ1) is 25.1. The number of benzene rings is 2. The second-order valence-corrected chi connectivity index (χ2v) is 17.2. The van der Waals surface area contributed by atoms with Crippen molar-refractivity contribution in [2.24, 2.45) is 0 Å². The maximum Gasteiger partial charge on any atom is 0.494 e. The summed E-state index contributed by atoms with van der Waals surface area (Å²) < 4.78 is 121. The summed E-state index contributed by atoms with van der Waals surface area (Å²) in [4.78, 5) is 22.8. The van der Waals surface area contributed by atoms with E-state index in [0.717, 1.165) is 38.5 Å². The molecule has 3 aliphatic rings. The van der Waals surface area contributed by atoms with Gasteiger partial charge in [0, 0.05) is 4.47 Å². The van der Waals surface area contributed by atoms with Crippen LogP contribution in [0.2, 0.25) is 0 Å². The molecule has 2 aromatic rings. The van der Waals surface area contributed by atoms with Crippen LogP contribution >= 0.6 is 15.9 Å². The highest BCUT2D eigenvalue weighted by atomic mass is 79.9. The maximum absolute atomic E-state index is 13.0. The maximum atomic E-state index is 13.0. The number of esters is 2. The molecule has 2 aromatic carbocycles. The number of methoxy groups -OCH3 is 2.